The molecule has 3 aromatic rings. The Bertz CT molecular complexity index is 1220. The van der Waals surface area contributed by atoms with E-state index in [0.29, 0.717) is 33.7 Å². The standard InChI is InChI=1S/C25H27FN4O2/c1-14-11-18(25(32)30-10-6-5-7-15(30)2)8-9-21(14)29-24(31)20-12-19(26)13-22-23(20)28-17(4)16(3)27-22/h8-9,11-13,15H,5-7,10H2,1-4H3,(H,29,31). The number of aryl methyl sites for hydroxylation is 3. The normalized spacial score (nSPS) is 16.3. The summed E-state index contributed by atoms with van der Waals surface area (Å²) in [6.07, 6.45) is 3.18. The lowest BCUT2D eigenvalue weighted by atomic mass is 10.0. The zero-order chi connectivity index (χ0) is 23.0. The summed E-state index contributed by atoms with van der Waals surface area (Å²) in [4.78, 5) is 36.7. The van der Waals surface area contributed by atoms with E-state index in [9.17, 15) is 14.0 Å². The molecule has 1 fully saturated rings. The summed E-state index contributed by atoms with van der Waals surface area (Å²) in [6.45, 7) is 8.28. The van der Waals surface area contributed by atoms with Crippen molar-refractivity contribution in [1.29, 1.82) is 0 Å². The zero-order valence-electron chi connectivity index (χ0n) is 18.8. The molecule has 2 heterocycles. The summed E-state index contributed by atoms with van der Waals surface area (Å²) in [6, 6.07) is 7.91. The van der Waals surface area contributed by atoms with Crippen LogP contribution in [0.15, 0.2) is 30.3 Å². The first-order valence-corrected chi connectivity index (χ1v) is 10.9. The van der Waals surface area contributed by atoms with E-state index in [1.807, 2.05) is 11.8 Å². The predicted octanol–water partition coefficient (Wildman–Crippen LogP) is 4.96. The van der Waals surface area contributed by atoms with Crippen LogP contribution in [0, 0.1) is 26.6 Å². The van der Waals surface area contributed by atoms with Crippen molar-refractivity contribution >= 4 is 28.5 Å². The third-order valence-electron chi connectivity index (χ3n) is 6.18. The summed E-state index contributed by atoms with van der Waals surface area (Å²) in [5.41, 5.74) is 4.11. The molecule has 1 aromatic heterocycles. The van der Waals surface area contributed by atoms with Gasteiger partial charge in [0, 0.05) is 29.9 Å². The molecule has 0 aliphatic carbocycles. The quantitative estimate of drug-likeness (QED) is 0.632. The summed E-state index contributed by atoms with van der Waals surface area (Å²) >= 11 is 0. The minimum atomic E-state index is -0.548. The second-order valence-corrected chi connectivity index (χ2v) is 8.54. The van der Waals surface area contributed by atoms with E-state index in [-0.39, 0.29) is 17.5 Å². The van der Waals surface area contributed by atoms with Gasteiger partial charge in [-0.1, -0.05) is 0 Å². The molecule has 4 rings (SSSR count). The molecule has 1 atom stereocenters. The predicted molar refractivity (Wildman–Crippen MR) is 122 cm³/mol. The molecule has 0 radical (unpaired) electrons. The molecule has 6 nitrogen and oxygen atoms in total. The Hall–Kier alpha value is -3.35. The van der Waals surface area contributed by atoms with Gasteiger partial charge in [0.15, 0.2) is 0 Å². The van der Waals surface area contributed by atoms with Crippen LogP contribution >= 0.6 is 0 Å². The fraction of sp³-hybridized carbons (Fsp3) is 0.360. The monoisotopic (exact) mass is 434 g/mol. The minimum Gasteiger partial charge on any atom is -0.336 e. The van der Waals surface area contributed by atoms with Crippen LogP contribution in [0.1, 0.15) is 63.9 Å². The zero-order valence-corrected chi connectivity index (χ0v) is 18.8. The highest BCUT2D eigenvalue weighted by Crippen LogP contribution is 2.24. The van der Waals surface area contributed by atoms with Gasteiger partial charge in [-0.05, 0) is 76.8 Å². The Morgan fingerprint density at radius 3 is 2.53 bits per heavy atom. The van der Waals surface area contributed by atoms with Crippen LogP contribution < -0.4 is 5.32 Å². The van der Waals surface area contributed by atoms with Gasteiger partial charge >= 0.3 is 0 Å². The number of rotatable bonds is 3. The fourth-order valence-electron chi connectivity index (χ4n) is 4.16. The van der Waals surface area contributed by atoms with Gasteiger partial charge in [0.05, 0.1) is 22.5 Å². The molecule has 1 saturated heterocycles. The Morgan fingerprint density at radius 1 is 1.06 bits per heavy atom. The summed E-state index contributed by atoms with van der Waals surface area (Å²) in [7, 11) is 0. The topological polar surface area (TPSA) is 75.2 Å². The van der Waals surface area contributed by atoms with E-state index in [1.165, 1.54) is 12.1 Å². The number of hydrogen-bond donors (Lipinski definition) is 1. The van der Waals surface area contributed by atoms with Gasteiger partial charge in [0.2, 0.25) is 0 Å². The highest BCUT2D eigenvalue weighted by atomic mass is 19.1. The van der Waals surface area contributed by atoms with Crippen molar-refractivity contribution in [2.75, 3.05) is 11.9 Å². The molecule has 32 heavy (non-hydrogen) atoms. The highest BCUT2D eigenvalue weighted by molar-refractivity contribution is 6.11. The largest absolute Gasteiger partial charge is 0.336 e. The van der Waals surface area contributed by atoms with Crippen LogP contribution in [0.3, 0.4) is 0 Å². The Morgan fingerprint density at radius 2 is 1.81 bits per heavy atom. The van der Waals surface area contributed by atoms with Crippen LogP contribution in [0.25, 0.3) is 11.0 Å². The number of halogens is 1. The lowest BCUT2D eigenvalue weighted by Gasteiger charge is -2.33. The van der Waals surface area contributed by atoms with E-state index in [0.717, 1.165) is 31.4 Å². The number of likely N-dealkylation sites (tertiary alicyclic amines) is 1. The maximum absolute atomic E-state index is 14.2. The molecular formula is C25H27FN4O2. The van der Waals surface area contributed by atoms with Crippen molar-refractivity contribution < 1.29 is 14.0 Å². The summed E-state index contributed by atoms with van der Waals surface area (Å²) in [5.74, 6) is -1.01. The van der Waals surface area contributed by atoms with E-state index in [4.69, 9.17) is 0 Å². The van der Waals surface area contributed by atoms with Crippen molar-refractivity contribution in [1.82, 2.24) is 14.9 Å². The van der Waals surface area contributed by atoms with E-state index in [2.05, 4.69) is 22.2 Å². The number of carbonyl (C=O) groups excluding carboxylic acids is 2. The number of fused-ring (bicyclic) bond motifs is 1. The maximum atomic E-state index is 14.2. The minimum absolute atomic E-state index is 0.00965. The van der Waals surface area contributed by atoms with Crippen molar-refractivity contribution in [2.24, 2.45) is 0 Å². The molecule has 1 aliphatic rings. The maximum Gasteiger partial charge on any atom is 0.258 e. The van der Waals surface area contributed by atoms with Gasteiger partial charge in [-0.2, -0.15) is 0 Å². The van der Waals surface area contributed by atoms with Gasteiger partial charge in [-0.25, -0.2) is 14.4 Å². The molecule has 2 aromatic carbocycles. The number of nitrogens with one attached hydrogen (secondary N) is 1. The van der Waals surface area contributed by atoms with E-state index in [1.54, 1.807) is 32.0 Å². The molecule has 0 spiro atoms. The summed E-state index contributed by atoms with van der Waals surface area (Å²) in [5, 5.41) is 2.84. The van der Waals surface area contributed by atoms with Gasteiger partial charge in [-0.3, -0.25) is 9.59 Å². The number of piperidine rings is 1. The molecule has 0 bridgehead atoms. The highest BCUT2D eigenvalue weighted by Gasteiger charge is 2.24. The lowest BCUT2D eigenvalue weighted by molar-refractivity contribution is 0.0635. The average molecular weight is 435 g/mol. The Balaban J connectivity index is 1.60. The first-order chi connectivity index (χ1) is 15.2. The second-order valence-electron chi connectivity index (χ2n) is 8.54. The second kappa shape index (κ2) is 8.65. The van der Waals surface area contributed by atoms with Crippen molar-refractivity contribution in [3.8, 4) is 0 Å². The van der Waals surface area contributed by atoms with Crippen molar-refractivity contribution in [3.63, 3.8) is 0 Å². The van der Waals surface area contributed by atoms with Gasteiger partial charge in [-0.15, -0.1) is 0 Å². The first-order valence-electron chi connectivity index (χ1n) is 10.9. The number of aromatic nitrogens is 2. The molecular weight excluding hydrogens is 407 g/mol. The van der Waals surface area contributed by atoms with Crippen LogP contribution in [0.4, 0.5) is 10.1 Å². The van der Waals surface area contributed by atoms with Crippen molar-refractivity contribution in [2.45, 2.75) is 53.0 Å². The van der Waals surface area contributed by atoms with Crippen LogP contribution in [-0.4, -0.2) is 39.3 Å². The average Bonchev–Trinajstić information content (AvgIpc) is 2.75. The molecule has 1 unspecified atom stereocenters. The first kappa shape index (κ1) is 21.9. The van der Waals surface area contributed by atoms with Gasteiger partial charge in [0.25, 0.3) is 11.8 Å². The Labute approximate surface area is 186 Å². The van der Waals surface area contributed by atoms with Gasteiger partial charge < -0.3 is 10.2 Å². The fourth-order valence-corrected chi connectivity index (χ4v) is 4.16. The molecule has 166 valence electrons. The molecule has 2 amide bonds. The van der Waals surface area contributed by atoms with Crippen molar-refractivity contribution in [3.05, 3.63) is 64.2 Å². The number of amides is 2. The van der Waals surface area contributed by atoms with Crippen LogP contribution in [-0.2, 0) is 0 Å². The van der Waals surface area contributed by atoms with Crippen LogP contribution in [0.5, 0.6) is 0 Å². The third kappa shape index (κ3) is 4.20. The number of nitrogens with zero attached hydrogens (tertiary/aromatic N) is 3. The van der Waals surface area contributed by atoms with E-state index < -0.39 is 11.7 Å². The molecule has 7 heteroatoms. The van der Waals surface area contributed by atoms with E-state index >= 15 is 0 Å². The summed E-state index contributed by atoms with van der Waals surface area (Å²) < 4.78 is 14.2. The SMILES string of the molecule is Cc1cc(C(=O)N2CCCCC2C)ccc1NC(=O)c1cc(F)cc2nc(C)c(C)nc12. The molecule has 1 N–H and O–H groups in total. The molecule has 1 aliphatic heterocycles. The number of hydrogen-bond acceptors (Lipinski definition) is 4. The lowest BCUT2D eigenvalue weighted by Crippen LogP contribution is -2.42. The van der Waals surface area contributed by atoms with Gasteiger partial charge in [0.1, 0.15) is 11.3 Å². The van der Waals surface area contributed by atoms with Crippen LogP contribution in [0.2, 0.25) is 0 Å². The number of benzene rings is 2. The smallest absolute Gasteiger partial charge is 0.258 e. The number of anilines is 1. The molecule has 0 saturated carbocycles. The number of carbonyl (C=O) groups is 2. The Kier molecular flexibility index (Phi) is 5.91. The third-order valence-corrected chi connectivity index (χ3v) is 6.18.